The molecule has 0 atom stereocenters. The predicted octanol–water partition coefficient (Wildman–Crippen LogP) is -1.51. The molecule has 5 nitrogen and oxygen atoms in total. The Bertz CT molecular complexity index is 393. The number of hydrogen-bond donors (Lipinski definition) is 2. The van der Waals surface area contributed by atoms with Crippen LogP contribution in [0.1, 0.15) is 15.9 Å². The van der Waals surface area contributed by atoms with Gasteiger partial charge in [-0.05, 0) is 17.7 Å². The second-order valence-corrected chi connectivity index (χ2v) is 3.10. The third kappa shape index (κ3) is 5.40. The maximum atomic E-state index is 10.6. The van der Waals surface area contributed by atoms with Crippen LogP contribution in [0, 0.1) is 0 Å². The van der Waals surface area contributed by atoms with Gasteiger partial charge in [0, 0.05) is 0 Å². The molecule has 1 aromatic rings. The third-order valence-corrected chi connectivity index (χ3v) is 1.95. The van der Waals surface area contributed by atoms with Crippen molar-refractivity contribution < 1.29 is 76.7 Å². The molecule has 0 bridgehead atoms. The molecule has 0 spiro atoms. The summed E-state index contributed by atoms with van der Waals surface area (Å²) in [7, 11) is 0. The van der Waals surface area contributed by atoms with Crippen LogP contribution in [0.25, 0.3) is 0 Å². The first-order chi connectivity index (χ1) is 6.50. The van der Waals surface area contributed by atoms with Crippen LogP contribution >= 0.6 is 11.6 Å². The minimum Gasteiger partial charge on any atom is -0.870 e. The van der Waals surface area contributed by atoms with E-state index in [1.807, 2.05) is 0 Å². The van der Waals surface area contributed by atoms with Crippen molar-refractivity contribution in [1.29, 1.82) is 0 Å². The van der Waals surface area contributed by atoms with Crippen LogP contribution in [-0.2, 0) is 11.2 Å². The van der Waals surface area contributed by atoms with Crippen molar-refractivity contribution in [2.45, 2.75) is 6.42 Å². The number of aromatic carboxylic acids is 1. The Morgan fingerprint density at radius 2 is 1.81 bits per heavy atom. The van der Waals surface area contributed by atoms with E-state index >= 15 is 0 Å². The largest absolute Gasteiger partial charge is 1.00 e. The minimum absolute atomic E-state index is 0. The maximum Gasteiger partial charge on any atom is 1.00 e. The van der Waals surface area contributed by atoms with E-state index in [0.29, 0.717) is 5.56 Å². The summed E-state index contributed by atoms with van der Waals surface area (Å²) in [6.07, 6.45) is -0.211. The van der Waals surface area contributed by atoms with Crippen LogP contribution in [0.4, 0.5) is 0 Å². The van der Waals surface area contributed by atoms with E-state index in [9.17, 15) is 9.59 Å². The fraction of sp³-hybridized carbons (Fsp3) is 0.111. The summed E-state index contributed by atoms with van der Waals surface area (Å²) in [5.41, 5.74) is 0.338. The Hall–Kier alpha value is 0.0464. The second kappa shape index (κ2) is 8.18. The van der Waals surface area contributed by atoms with Crippen molar-refractivity contribution in [3.63, 3.8) is 0 Å². The van der Waals surface area contributed by atoms with Crippen molar-refractivity contribution in [2.24, 2.45) is 0 Å². The molecule has 0 amide bonds. The van der Waals surface area contributed by atoms with Crippen molar-refractivity contribution in [3.8, 4) is 0 Å². The first-order valence-electron chi connectivity index (χ1n) is 3.74. The van der Waals surface area contributed by atoms with Crippen LogP contribution in [0.3, 0.4) is 0 Å². The summed E-state index contributed by atoms with van der Waals surface area (Å²) < 4.78 is 0. The molecule has 0 heterocycles. The Balaban J connectivity index is 0. The fourth-order valence-electron chi connectivity index (χ4n) is 1.02. The molecule has 82 valence electrons. The van der Waals surface area contributed by atoms with Crippen molar-refractivity contribution in [2.75, 3.05) is 0 Å². The van der Waals surface area contributed by atoms with E-state index in [4.69, 9.17) is 21.8 Å². The summed E-state index contributed by atoms with van der Waals surface area (Å²) in [5.74, 6) is -2.18. The van der Waals surface area contributed by atoms with Gasteiger partial charge in [0.1, 0.15) is 0 Å². The van der Waals surface area contributed by atoms with Crippen LogP contribution < -0.4 is 51.4 Å². The van der Waals surface area contributed by atoms with E-state index in [2.05, 4.69) is 0 Å². The zero-order valence-corrected chi connectivity index (χ0v) is 12.4. The van der Waals surface area contributed by atoms with E-state index in [-0.39, 0.29) is 73.9 Å². The molecule has 7 heteroatoms. The van der Waals surface area contributed by atoms with E-state index < -0.39 is 11.9 Å². The number of aliphatic carboxylic acids is 1. The van der Waals surface area contributed by atoms with Crippen LogP contribution in [-0.4, -0.2) is 27.6 Å². The minimum atomic E-state index is -1.16. The molecule has 0 saturated heterocycles. The Morgan fingerprint density at radius 1 is 1.25 bits per heavy atom. The van der Waals surface area contributed by atoms with E-state index in [1.165, 1.54) is 18.2 Å². The van der Waals surface area contributed by atoms with Crippen LogP contribution in [0.2, 0.25) is 5.02 Å². The molecule has 0 fully saturated rings. The van der Waals surface area contributed by atoms with Gasteiger partial charge in [0.15, 0.2) is 0 Å². The van der Waals surface area contributed by atoms with Gasteiger partial charge in [0.05, 0.1) is 17.0 Å². The molecule has 0 radical (unpaired) electrons. The number of benzene rings is 1. The second-order valence-electron chi connectivity index (χ2n) is 2.69. The maximum absolute atomic E-state index is 10.6. The van der Waals surface area contributed by atoms with Crippen molar-refractivity contribution in [1.82, 2.24) is 0 Å². The van der Waals surface area contributed by atoms with E-state index in [1.54, 1.807) is 0 Å². The molecule has 0 aliphatic heterocycles. The summed E-state index contributed by atoms with van der Waals surface area (Å²) >= 11 is 5.60. The standard InChI is InChI=1S/C9H7ClO4.K.H2O/c10-7-2-1-5(4-8(11)12)3-6(7)9(13)14;;/h1-3H,4H2,(H,11,12)(H,13,14);;1H2/q;+1;/p-1. The zero-order valence-electron chi connectivity index (χ0n) is 8.48. The number of hydrogen-bond acceptors (Lipinski definition) is 3. The average Bonchev–Trinajstić information content (AvgIpc) is 2.07. The summed E-state index contributed by atoms with van der Waals surface area (Å²) in [6.45, 7) is 0. The molecule has 0 saturated carbocycles. The van der Waals surface area contributed by atoms with E-state index in [0.717, 1.165) is 0 Å². The summed E-state index contributed by atoms with van der Waals surface area (Å²) in [4.78, 5) is 21.0. The quantitative estimate of drug-likeness (QED) is 0.650. The molecule has 0 aliphatic carbocycles. The Morgan fingerprint density at radius 3 is 2.25 bits per heavy atom. The molecule has 3 N–H and O–H groups in total. The van der Waals surface area contributed by atoms with Crippen molar-refractivity contribution >= 4 is 23.5 Å². The fourth-order valence-corrected chi connectivity index (χ4v) is 1.22. The van der Waals surface area contributed by atoms with Gasteiger partial charge in [-0.2, -0.15) is 0 Å². The molecule has 0 unspecified atom stereocenters. The molecule has 16 heavy (non-hydrogen) atoms. The molecule has 0 aromatic heterocycles. The molecular formula is C9H8ClKO5. The Labute approximate surface area is 139 Å². The van der Waals surface area contributed by atoms with Crippen molar-refractivity contribution in [3.05, 3.63) is 34.3 Å². The Kier molecular flexibility index (Phi) is 9.42. The normalized spacial score (nSPS) is 8.56. The monoisotopic (exact) mass is 270 g/mol. The van der Waals surface area contributed by atoms with Gasteiger partial charge >= 0.3 is 63.3 Å². The third-order valence-electron chi connectivity index (χ3n) is 1.62. The molecular weight excluding hydrogens is 263 g/mol. The number of carbonyl (C=O) groups is 2. The molecule has 1 aromatic carbocycles. The van der Waals surface area contributed by atoms with Gasteiger partial charge in [-0.3, -0.25) is 4.79 Å². The zero-order chi connectivity index (χ0) is 10.7. The van der Waals surface area contributed by atoms with Crippen LogP contribution in [0.15, 0.2) is 18.2 Å². The van der Waals surface area contributed by atoms with Gasteiger partial charge in [-0.1, -0.05) is 17.7 Å². The summed E-state index contributed by atoms with van der Waals surface area (Å²) in [5, 5.41) is 17.3. The topological polar surface area (TPSA) is 105 Å². The summed E-state index contributed by atoms with van der Waals surface area (Å²) in [6, 6.07) is 4.13. The van der Waals surface area contributed by atoms with Gasteiger partial charge < -0.3 is 15.7 Å². The first kappa shape index (κ1) is 18.4. The average molecular weight is 271 g/mol. The number of rotatable bonds is 3. The van der Waals surface area contributed by atoms with Gasteiger partial charge in [0.25, 0.3) is 0 Å². The number of carboxylic acids is 2. The molecule has 1 rings (SSSR count). The first-order valence-corrected chi connectivity index (χ1v) is 4.12. The van der Waals surface area contributed by atoms with Crippen LogP contribution in [0.5, 0.6) is 0 Å². The smallest absolute Gasteiger partial charge is 0.870 e. The van der Waals surface area contributed by atoms with Gasteiger partial charge in [-0.25, -0.2) is 4.79 Å². The van der Waals surface area contributed by atoms with Gasteiger partial charge in [-0.15, -0.1) is 0 Å². The SMILES string of the molecule is O=C(O)Cc1ccc(Cl)c(C(=O)O)c1.[K+].[OH-]. The number of halogens is 1. The number of carboxylic acid groups (broad SMARTS) is 2. The predicted molar refractivity (Wildman–Crippen MR) is 51.7 cm³/mol. The van der Waals surface area contributed by atoms with Gasteiger partial charge in [0.2, 0.25) is 0 Å². The molecule has 0 aliphatic rings.